The smallest absolute Gasteiger partial charge is 0.164 e. The summed E-state index contributed by atoms with van der Waals surface area (Å²) in [6, 6.07) is 8.51. The van der Waals surface area contributed by atoms with Gasteiger partial charge in [0.1, 0.15) is 0 Å². The van der Waals surface area contributed by atoms with E-state index < -0.39 is 0 Å². The number of thioether (sulfide) groups is 1. The fourth-order valence-electron chi connectivity index (χ4n) is 6.16. The number of ketones is 1. The third kappa shape index (κ3) is 2.20. The molecule has 0 radical (unpaired) electrons. The summed E-state index contributed by atoms with van der Waals surface area (Å²) in [7, 11) is 0. The lowest BCUT2D eigenvalue weighted by atomic mass is 9.48. The van der Waals surface area contributed by atoms with Crippen LogP contribution in [0.2, 0.25) is 0 Å². The van der Waals surface area contributed by atoms with Crippen LogP contribution in [-0.2, 0) is 4.79 Å². The first-order valence-corrected chi connectivity index (χ1v) is 10.3. The zero-order valence-electron chi connectivity index (χ0n) is 14.3. The Morgan fingerprint density at radius 1 is 1.17 bits per heavy atom. The molecule has 0 saturated heterocycles. The Morgan fingerprint density at radius 3 is 2.42 bits per heavy atom. The summed E-state index contributed by atoms with van der Waals surface area (Å²) in [6.45, 7) is 3.09. The van der Waals surface area contributed by atoms with Crippen LogP contribution in [-0.4, -0.2) is 12.3 Å². The van der Waals surface area contributed by atoms with Gasteiger partial charge >= 0.3 is 0 Å². The van der Waals surface area contributed by atoms with Crippen molar-refractivity contribution in [1.82, 2.24) is 0 Å². The van der Waals surface area contributed by atoms with E-state index in [0.717, 1.165) is 48.6 Å². The maximum atomic E-state index is 13.3. The fourth-order valence-corrected chi connectivity index (χ4v) is 7.32. The van der Waals surface area contributed by atoms with Crippen LogP contribution in [0.15, 0.2) is 40.3 Å². The highest BCUT2D eigenvalue weighted by molar-refractivity contribution is 8.03. The van der Waals surface area contributed by atoms with Crippen molar-refractivity contribution in [2.24, 2.45) is 23.2 Å². The lowest BCUT2D eigenvalue weighted by Crippen LogP contribution is -2.49. The molecule has 6 rings (SSSR count). The number of carbonyl (C=O) groups excluding carboxylic acids is 1. The second-order valence-corrected chi connectivity index (χ2v) is 9.42. The number of benzene rings is 1. The monoisotopic (exact) mass is 339 g/mol. The molecule has 4 fully saturated rings. The molecule has 5 aliphatic rings. The van der Waals surface area contributed by atoms with Crippen molar-refractivity contribution in [2.45, 2.75) is 50.3 Å². The van der Waals surface area contributed by atoms with Gasteiger partial charge in [0, 0.05) is 22.9 Å². The number of hydrogen-bond acceptors (Lipinski definition) is 3. The Kier molecular flexibility index (Phi) is 3.38. The minimum absolute atomic E-state index is 0.0174. The second kappa shape index (κ2) is 5.39. The molecule has 1 aliphatic heterocycles. The van der Waals surface area contributed by atoms with Crippen LogP contribution < -0.4 is 4.90 Å². The van der Waals surface area contributed by atoms with Crippen LogP contribution in [0.1, 0.15) is 45.4 Å². The lowest BCUT2D eigenvalue weighted by molar-refractivity contribution is -0.138. The molecule has 1 aromatic rings. The number of fused-ring (bicyclic) bond motifs is 1. The number of hydrogen-bond donors (Lipinski definition) is 0. The molecule has 1 aromatic carbocycles. The van der Waals surface area contributed by atoms with Gasteiger partial charge in [0.2, 0.25) is 0 Å². The van der Waals surface area contributed by atoms with Crippen molar-refractivity contribution in [1.29, 1.82) is 0 Å². The summed E-state index contributed by atoms with van der Waals surface area (Å²) >= 11 is 1.77. The Morgan fingerprint density at radius 2 is 1.79 bits per heavy atom. The molecule has 0 amide bonds. The van der Waals surface area contributed by atoms with Crippen LogP contribution in [0.25, 0.3) is 0 Å². The summed E-state index contributed by atoms with van der Waals surface area (Å²) < 4.78 is 0. The van der Waals surface area contributed by atoms with E-state index >= 15 is 0 Å². The Bertz CT molecular complexity index is 687. The average molecular weight is 340 g/mol. The number of carbonyl (C=O) groups is 1. The van der Waals surface area contributed by atoms with Crippen molar-refractivity contribution in [3.63, 3.8) is 0 Å². The highest BCUT2D eigenvalue weighted by Crippen LogP contribution is 2.60. The number of rotatable bonds is 3. The van der Waals surface area contributed by atoms with E-state index in [2.05, 4.69) is 36.1 Å². The minimum Gasteiger partial charge on any atom is -0.335 e. The largest absolute Gasteiger partial charge is 0.335 e. The highest BCUT2D eigenvalue weighted by Gasteiger charge is 2.54. The van der Waals surface area contributed by atoms with E-state index in [1.807, 2.05) is 6.08 Å². The van der Waals surface area contributed by atoms with Gasteiger partial charge in [-0.25, -0.2) is 0 Å². The lowest BCUT2D eigenvalue weighted by Gasteiger charge is -2.55. The van der Waals surface area contributed by atoms with Crippen molar-refractivity contribution in [2.75, 3.05) is 11.4 Å². The quantitative estimate of drug-likeness (QED) is 0.702. The maximum absolute atomic E-state index is 13.3. The van der Waals surface area contributed by atoms with E-state index in [1.54, 1.807) is 11.8 Å². The van der Waals surface area contributed by atoms with Gasteiger partial charge in [-0.1, -0.05) is 23.9 Å². The minimum atomic E-state index is -0.0174. The van der Waals surface area contributed by atoms with Gasteiger partial charge in [0.25, 0.3) is 0 Å². The van der Waals surface area contributed by atoms with Crippen molar-refractivity contribution < 1.29 is 4.79 Å². The van der Waals surface area contributed by atoms with Gasteiger partial charge in [-0.05, 0) is 75.3 Å². The number of anilines is 1. The van der Waals surface area contributed by atoms with Crippen LogP contribution in [0.5, 0.6) is 0 Å². The SMILES string of the molecule is CCN1C(=CC(=O)C23CC4CC(CC(C4)C2)C3)Sc2ccccc21. The van der Waals surface area contributed by atoms with Gasteiger partial charge in [0.15, 0.2) is 5.78 Å². The second-order valence-electron chi connectivity index (χ2n) is 8.36. The molecule has 0 atom stereocenters. The summed E-state index contributed by atoms with van der Waals surface area (Å²) in [5.74, 6) is 2.91. The first-order valence-electron chi connectivity index (χ1n) is 9.47. The molecule has 2 nitrogen and oxygen atoms in total. The fraction of sp³-hybridized carbons (Fsp3) is 0.571. The van der Waals surface area contributed by atoms with E-state index in [1.165, 1.54) is 29.8 Å². The van der Waals surface area contributed by atoms with Crippen LogP contribution in [0.4, 0.5) is 5.69 Å². The maximum Gasteiger partial charge on any atom is 0.164 e. The molecule has 0 unspecified atom stereocenters. The molecule has 4 aliphatic carbocycles. The number of para-hydroxylation sites is 1. The molecule has 0 aromatic heterocycles. The van der Waals surface area contributed by atoms with Crippen molar-refractivity contribution >= 4 is 23.2 Å². The molecular formula is C21H25NOS. The molecular weight excluding hydrogens is 314 g/mol. The predicted molar refractivity (Wildman–Crippen MR) is 99.0 cm³/mol. The third-order valence-corrected chi connectivity index (χ3v) is 7.88. The van der Waals surface area contributed by atoms with Crippen molar-refractivity contribution in [3.05, 3.63) is 35.4 Å². The molecule has 4 saturated carbocycles. The summed E-state index contributed by atoms with van der Waals surface area (Å²) in [4.78, 5) is 16.9. The Labute approximate surface area is 148 Å². The first kappa shape index (κ1) is 15.1. The number of allylic oxidation sites excluding steroid dienone is 1. The summed E-state index contributed by atoms with van der Waals surface area (Å²) in [5, 5.41) is 1.14. The average Bonchev–Trinajstić information content (AvgIpc) is 2.90. The molecule has 0 N–H and O–H groups in total. The van der Waals surface area contributed by atoms with E-state index in [9.17, 15) is 4.79 Å². The van der Waals surface area contributed by atoms with Gasteiger partial charge < -0.3 is 4.90 Å². The molecule has 24 heavy (non-hydrogen) atoms. The summed E-state index contributed by atoms with van der Waals surface area (Å²) in [5.41, 5.74) is 1.24. The van der Waals surface area contributed by atoms with Crippen LogP contribution >= 0.6 is 11.8 Å². The number of nitrogens with zero attached hydrogens (tertiary/aromatic N) is 1. The van der Waals surface area contributed by atoms with Gasteiger partial charge in [-0.15, -0.1) is 0 Å². The van der Waals surface area contributed by atoms with E-state index in [0.29, 0.717) is 5.78 Å². The molecule has 0 spiro atoms. The van der Waals surface area contributed by atoms with E-state index in [-0.39, 0.29) is 5.41 Å². The van der Waals surface area contributed by atoms with Gasteiger partial charge in [-0.2, -0.15) is 0 Å². The first-order chi connectivity index (χ1) is 11.7. The van der Waals surface area contributed by atoms with Crippen LogP contribution in [0, 0.1) is 23.2 Å². The van der Waals surface area contributed by atoms with Gasteiger partial charge in [-0.3, -0.25) is 4.79 Å². The molecule has 4 bridgehead atoms. The predicted octanol–water partition coefficient (Wildman–Crippen LogP) is 5.25. The third-order valence-electron chi connectivity index (χ3n) is 6.77. The Hall–Kier alpha value is -1.22. The standard InChI is InChI=1S/C21H25NOS/c1-2-22-17-5-3-4-6-18(17)24-20(22)10-19(23)21-11-14-7-15(12-21)9-16(8-14)13-21/h3-6,10,14-16H,2,7-9,11-13H2,1H3. The zero-order valence-corrected chi connectivity index (χ0v) is 15.1. The molecule has 1 heterocycles. The van der Waals surface area contributed by atoms with Crippen molar-refractivity contribution in [3.8, 4) is 0 Å². The summed E-state index contributed by atoms with van der Waals surface area (Å²) in [6.07, 6.45) is 9.66. The zero-order chi connectivity index (χ0) is 16.3. The molecule has 126 valence electrons. The molecule has 3 heteroatoms. The van der Waals surface area contributed by atoms with Gasteiger partial charge in [0.05, 0.1) is 10.7 Å². The highest BCUT2D eigenvalue weighted by atomic mass is 32.2. The Balaban J connectivity index is 1.45. The van der Waals surface area contributed by atoms with E-state index in [4.69, 9.17) is 0 Å². The normalized spacial score (nSPS) is 38.0. The topological polar surface area (TPSA) is 20.3 Å². The van der Waals surface area contributed by atoms with Crippen LogP contribution in [0.3, 0.4) is 0 Å².